The molecule has 0 amide bonds. The summed E-state index contributed by atoms with van der Waals surface area (Å²) < 4.78 is 43.6. The second-order valence-electron chi connectivity index (χ2n) is 4.71. The van der Waals surface area contributed by atoms with E-state index in [2.05, 4.69) is 15.4 Å². The van der Waals surface area contributed by atoms with Crippen molar-refractivity contribution in [2.75, 3.05) is 17.7 Å². The van der Waals surface area contributed by atoms with E-state index in [1.807, 2.05) is 0 Å². The molecule has 24 heavy (non-hydrogen) atoms. The van der Waals surface area contributed by atoms with E-state index in [9.17, 15) is 18.0 Å². The number of aryl methyl sites for hydroxylation is 1. The third-order valence-electron chi connectivity index (χ3n) is 2.97. The van der Waals surface area contributed by atoms with Crippen molar-refractivity contribution in [2.45, 2.75) is 13.1 Å². The molecule has 0 fully saturated rings. The zero-order chi connectivity index (χ0) is 17.9. The number of alkyl halides is 3. The Bertz CT molecular complexity index is 772. The van der Waals surface area contributed by atoms with Gasteiger partial charge in [-0.1, -0.05) is 12.1 Å². The maximum atomic E-state index is 13.0. The molecular formula is C15H13F3N2O2S2. The molecule has 0 bridgehead atoms. The molecule has 0 saturated heterocycles. The predicted molar refractivity (Wildman–Crippen MR) is 91.7 cm³/mol. The molecule has 1 heterocycles. The number of carbonyl (C=O) groups is 1. The first-order chi connectivity index (χ1) is 11.2. The Morgan fingerprint density at radius 1 is 1.25 bits per heavy atom. The largest absolute Gasteiger partial charge is 0.465 e. The summed E-state index contributed by atoms with van der Waals surface area (Å²) >= 11 is 6.30. The van der Waals surface area contributed by atoms with Gasteiger partial charge in [-0.05, 0) is 37.3 Å². The molecule has 0 spiro atoms. The summed E-state index contributed by atoms with van der Waals surface area (Å²) in [5, 5.41) is 5.61. The molecule has 4 nitrogen and oxygen atoms in total. The molecule has 0 aliphatic rings. The van der Waals surface area contributed by atoms with E-state index in [1.165, 1.54) is 36.6 Å². The van der Waals surface area contributed by atoms with Crippen molar-refractivity contribution < 1.29 is 22.7 Å². The summed E-state index contributed by atoms with van der Waals surface area (Å²) in [5.41, 5.74) is -0.728. The van der Waals surface area contributed by atoms with Gasteiger partial charge in [0.25, 0.3) is 0 Å². The lowest BCUT2D eigenvalue weighted by Gasteiger charge is -2.15. The topological polar surface area (TPSA) is 50.4 Å². The maximum Gasteiger partial charge on any atom is 0.418 e. The Hall–Kier alpha value is -2.13. The molecular weight excluding hydrogens is 361 g/mol. The lowest BCUT2D eigenvalue weighted by Crippen LogP contribution is -2.22. The summed E-state index contributed by atoms with van der Waals surface area (Å²) in [7, 11) is 1.25. The highest BCUT2D eigenvalue weighted by Crippen LogP contribution is 2.35. The van der Waals surface area contributed by atoms with E-state index >= 15 is 0 Å². The standard InChI is InChI=1S/C15H13F3N2O2S2/c1-8-7-9(13(21)22-2)12(24-8)20-14(23)19-11-6-4-3-5-10(11)15(16,17)18/h3-7H,1-2H3,(H2,19,20,23). The van der Waals surface area contributed by atoms with Crippen LogP contribution < -0.4 is 10.6 Å². The first-order valence-electron chi connectivity index (χ1n) is 6.65. The predicted octanol–water partition coefficient (Wildman–Crippen LogP) is 4.67. The number of rotatable bonds is 3. The van der Waals surface area contributed by atoms with Crippen LogP contribution in [-0.2, 0) is 10.9 Å². The van der Waals surface area contributed by atoms with Crippen molar-refractivity contribution in [1.29, 1.82) is 0 Å². The normalized spacial score (nSPS) is 11.0. The number of halogens is 3. The molecule has 0 atom stereocenters. The van der Waals surface area contributed by atoms with E-state index in [4.69, 9.17) is 12.2 Å². The molecule has 2 N–H and O–H groups in total. The summed E-state index contributed by atoms with van der Waals surface area (Å²) in [6.07, 6.45) is -4.50. The number of methoxy groups -OCH3 is 1. The van der Waals surface area contributed by atoms with Crippen LogP contribution in [0.15, 0.2) is 30.3 Å². The van der Waals surface area contributed by atoms with Crippen molar-refractivity contribution in [3.05, 3.63) is 46.3 Å². The first-order valence-corrected chi connectivity index (χ1v) is 7.88. The van der Waals surface area contributed by atoms with Crippen LogP contribution in [0.25, 0.3) is 0 Å². The smallest absolute Gasteiger partial charge is 0.418 e. The van der Waals surface area contributed by atoms with Crippen molar-refractivity contribution in [3.8, 4) is 0 Å². The van der Waals surface area contributed by atoms with Gasteiger partial charge in [0.2, 0.25) is 0 Å². The number of ether oxygens (including phenoxy) is 1. The van der Waals surface area contributed by atoms with Gasteiger partial charge in [0.05, 0.1) is 23.9 Å². The number of esters is 1. The lowest BCUT2D eigenvalue weighted by atomic mass is 10.1. The number of benzene rings is 1. The number of hydrogen-bond acceptors (Lipinski definition) is 4. The Balaban J connectivity index is 2.20. The SMILES string of the molecule is COC(=O)c1cc(C)sc1NC(=S)Nc1ccccc1C(F)(F)F. The van der Waals surface area contributed by atoms with E-state index in [-0.39, 0.29) is 16.4 Å². The van der Waals surface area contributed by atoms with Crippen LogP contribution in [0.1, 0.15) is 20.8 Å². The number of thiocarbonyl (C=S) groups is 1. The van der Waals surface area contributed by atoms with Gasteiger partial charge in [-0.2, -0.15) is 13.2 Å². The zero-order valence-electron chi connectivity index (χ0n) is 12.7. The van der Waals surface area contributed by atoms with E-state index in [1.54, 1.807) is 13.0 Å². The molecule has 1 aromatic carbocycles. The highest BCUT2D eigenvalue weighted by Gasteiger charge is 2.33. The minimum atomic E-state index is -4.50. The Morgan fingerprint density at radius 2 is 1.92 bits per heavy atom. The lowest BCUT2D eigenvalue weighted by molar-refractivity contribution is -0.136. The van der Waals surface area contributed by atoms with Gasteiger partial charge in [-0.3, -0.25) is 0 Å². The summed E-state index contributed by atoms with van der Waals surface area (Å²) in [6, 6.07) is 6.61. The second-order valence-corrected chi connectivity index (χ2v) is 6.38. The third kappa shape index (κ3) is 4.24. The highest BCUT2D eigenvalue weighted by molar-refractivity contribution is 7.80. The van der Waals surface area contributed by atoms with Crippen LogP contribution in [-0.4, -0.2) is 18.2 Å². The molecule has 2 aromatic rings. The Kier molecular flexibility index (Phi) is 5.45. The number of carbonyl (C=O) groups excluding carboxylic acids is 1. The van der Waals surface area contributed by atoms with Gasteiger partial charge in [0.15, 0.2) is 5.11 Å². The average molecular weight is 374 g/mol. The van der Waals surface area contributed by atoms with Crippen LogP contribution in [0.2, 0.25) is 0 Å². The molecule has 0 radical (unpaired) electrons. The second kappa shape index (κ2) is 7.18. The molecule has 0 aliphatic carbocycles. The number of hydrogen-bond donors (Lipinski definition) is 2. The quantitative estimate of drug-likeness (QED) is 0.604. The molecule has 9 heteroatoms. The molecule has 2 rings (SSSR count). The fraction of sp³-hybridized carbons (Fsp3) is 0.200. The number of nitrogens with one attached hydrogen (secondary N) is 2. The summed E-state index contributed by atoms with van der Waals surface area (Å²) in [5.74, 6) is -0.555. The van der Waals surface area contributed by atoms with Crippen LogP contribution >= 0.6 is 23.6 Å². The van der Waals surface area contributed by atoms with Gasteiger partial charge in [-0.25, -0.2) is 4.79 Å². The van der Waals surface area contributed by atoms with E-state index in [0.717, 1.165) is 10.9 Å². The summed E-state index contributed by atoms with van der Waals surface area (Å²) in [4.78, 5) is 12.5. The highest BCUT2D eigenvalue weighted by atomic mass is 32.1. The monoisotopic (exact) mass is 374 g/mol. The van der Waals surface area contributed by atoms with Crippen LogP contribution in [0.3, 0.4) is 0 Å². The molecule has 0 aliphatic heterocycles. The molecule has 128 valence electrons. The number of anilines is 2. The van der Waals surface area contributed by atoms with Crippen LogP contribution in [0.4, 0.5) is 23.9 Å². The minimum Gasteiger partial charge on any atom is -0.465 e. The summed E-state index contributed by atoms with van der Waals surface area (Å²) in [6.45, 7) is 1.79. The van der Waals surface area contributed by atoms with Crippen molar-refractivity contribution in [2.24, 2.45) is 0 Å². The van der Waals surface area contributed by atoms with Crippen LogP contribution in [0, 0.1) is 6.92 Å². The van der Waals surface area contributed by atoms with E-state index < -0.39 is 17.7 Å². The van der Waals surface area contributed by atoms with Crippen LogP contribution in [0.5, 0.6) is 0 Å². The molecule has 1 aromatic heterocycles. The molecule has 0 unspecified atom stereocenters. The van der Waals surface area contributed by atoms with Crippen molar-refractivity contribution in [3.63, 3.8) is 0 Å². The Labute approximate surface area is 145 Å². The first kappa shape index (κ1) is 18.2. The number of thiophene rings is 1. The van der Waals surface area contributed by atoms with Gasteiger partial charge < -0.3 is 15.4 Å². The number of para-hydroxylation sites is 1. The van der Waals surface area contributed by atoms with Crippen molar-refractivity contribution >= 4 is 45.3 Å². The van der Waals surface area contributed by atoms with Gasteiger partial charge in [0.1, 0.15) is 5.00 Å². The Morgan fingerprint density at radius 3 is 2.54 bits per heavy atom. The third-order valence-corrected chi connectivity index (χ3v) is 4.14. The van der Waals surface area contributed by atoms with Gasteiger partial charge >= 0.3 is 12.1 Å². The molecule has 0 saturated carbocycles. The fourth-order valence-electron chi connectivity index (χ4n) is 1.96. The minimum absolute atomic E-state index is 0.0568. The van der Waals surface area contributed by atoms with Gasteiger partial charge in [-0.15, -0.1) is 11.3 Å². The van der Waals surface area contributed by atoms with Crippen molar-refractivity contribution in [1.82, 2.24) is 0 Å². The average Bonchev–Trinajstić information content (AvgIpc) is 2.86. The maximum absolute atomic E-state index is 13.0. The van der Waals surface area contributed by atoms with E-state index in [0.29, 0.717) is 5.00 Å². The zero-order valence-corrected chi connectivity index (χ0v) is 14.3. The fourth-order valence-corrected chi connectivity index (χ4v) is 3.15. The van der Waals surface area contributed by atoms with Gasteiger partial charge in [0, 0.05) is 4.88 Å².